The zero-order chi connectivity index (χ0) is 7.56. The van der Waals surface area contributed by atoms with Gasteiger partial charge in [0.15, 0.2) is 0 Å². The van der Waals surface area contributed by atoms with E-state index in [0.717, 1.165) is 0 Å². The molecule has 0 aromatic carbocycles. The summed E-state index contributed by atoms with van der Waals surface area (Å²) in [6.45, 7) is 0.334. The molecule has 0 aromatic heterocycles. The first kappa shape index (κ1) is 6.80. The molecule has 10 heavy (non-hydrogen) atoms. The maximum absolute atomic E-state index is 10.5. The lowest BCUT2D eigenvalue weighted by atomic mass is 10.1. The molecule has 0 bridgehead atoms. The third-order valence-corrected chi connectivity index (χ3v) is 1.33. The molecule has 4 nitrogen and oxygen atoms in total. The minimum Gasteiger partial charge on any atom is -0.387 e. The summed E-state index contributed by atoms with van der Waals surface area (Å²) in [6, 6.07) is 0. The van der Waals surface area contributed by atoms with E-state index in [2.05, 4.69) is 4.99 Å². The number of amides is 1. The minimum atomic E-state index is -0.406. The van der Waals surface area contributed by atoms with E-state index in [9.17, 15) is 4.79 Å². The van der Waals surface area contributed by atoms with Crippen LogP contribution in [0, 0.1) is 0 Å². The van der Waals surface area contributed by atoms with Gasteiger partial charge < -0.3 is 11.5 Å². The van der Waals surface area contributed by atoms with Gasteiger partial charge in [-0.05, 0) is 0 Å². The molecule has 1 rings (SSSR count). The maximum atomic E-state index is 10.5. The predicted molar refractivity (Wildman–Crippen MR) is 38.4 cm³/mol. The van der Waals surface area contributed by atoms with Crippen LogP contribution in [-0.4, -0.2) is 18.3 Å². The van der Waals surface area contributed by atoms with E-state index in [1.54, 1.807) is 6.08 Å². The fourth-order valence-corrected chi connectivity index (χ4v) is 0.722. The van der Waals surface area contributed by atoms with Crippen LogP contribution in [0.4, 0.5) is 0 Å². The number of aliphatic imine (C=N–C) groups is 1. The van der Waals surface area contributed by atoms with Gasteiger partial charge in [0.2, 0.25) is 5.91 Å². The molecular weight excluding hydrogens is 130 g/mol. The van der Waals surface area contributed by atoms with E-state index in [-0.39, 0.29) is 0 Å². The van der Waals surface area contributed by atoms with Gasteiger partial charge in [0.25, 0.3) is 0 Å². The Hall–Kier alpha value is -1.32. The SMILES string of the molecule is NC(=O)C1=CCC(N)=NC1. The van der Waals surface area contributed by atoms with Crippen molar-refractivity contribution in [1.29, 1.82) is 0 Å². The van der Waals surface area contributed by atoms with E-state index in [1.807, 2.05) is 0 Å². The van der Waals surface area contributed by atoms with Gasteiger partial charge in [-0.3, -0.25) is 9.79 Å². The van der Waals surface area contributed by atoms with Crippen LogP contribution in [0.3, 0.4) is 0 Å². The number of rotatable bonds is 1. The smallest absolute Gasteiger partial charge is 0.246 e. The number of primary amides is 1. The highest BCUT2D eigenvalue weighted by atomic mass is 16.1. The van der Waals surface area contributed by atoms with Crippen molar-refractivity contribution in [2.24, 2.45) is 16.5 Å². The second-order valence-electron chi connectivity index (χ2n) is 2.11. The van der Waals surface area contributed by atoms with Crippen molar-refractivity contribution in [3.63, 3.8) is 0 Å². The quantitative estimate of drug-likeness (QED) is 0.496. The summed E-state index contributed by atoms with van der Waals surface area (Å²) >= 11 is 0. The molecule has 0 aliphatic carbocycles. The zero-order valence-electron chi connectivity index (χ0n) is 5.50. The number of carbonyl (C=O) groups excluding carboxylic acids is 1. The number of hydrogen-bond acceptors (Lipinski definition) is 3. The van der Waals surface area contributed by atoms with Crippen LogP contribution in [0.5, 0.6) is 0 Å². The van der Waals surface area contributed by atoms with Crippen molar-refractivity contribution in [2.75, 3.05) is 6.54 Å². The number of nitrogens with zero attached hydrogens (tertiary/aromatic N) is 1. The Morgan fingerprint density at radius 2 is 2.40 bits per heavy atom. The maximum Gasteiger partial charge on any atom is 0.246 e. The Labute approximate surface area is 58.6 Å². The van der Waals surface area contributed by atoms with E-state index in [0.29, 0.717) is 24.4 Å². The Morgan fingerprint density at radius 1 is 1.70 bits per heavy atom. The summed E-state index contributed by atoms with van der Waals surface area (Å²) in [5.41, 5.74) is 10.9. The second kappa shape index (κ2) is 2.51. The van der Waals surface area contributed by atoms with Crippen molar-refractivity contribution in [2.45, 2.75) is 6.42 Å². The lowest BCUT2D eigenvalue weighted by molar-refractivity contribution is -0.114. The molecule has 1 amide bonds. The Balaban J connectivity index is 2.62. The summed E-state index contributed by atoms with van der Waals surface area (Å²) < 4.78 is 0. The van der Waals surface area contributed by atoms with Crippen molar-refractivity contribution < 1.29 is 4.79 Å². The molecule has 54 valence electrons. The van der Waals surface area contributed by atoms with Crippen LogP contribution in [0.25, 0.3) is 0 Å². The zero-order valence-corrected chi connectivity index (χ0v) is 5.50. The number of nitrogens with two attached hydrogens (primary N) is 2. The lowest BCUT2D eigenvalue weighted by Crippen LogP contribution is -2.22. The van der Waals surface area contributed by atoms with E-state index < -0.39 is 5.91 Å². The van der Waals surface area contributed by atoms with E-state index in [4.69, 9.17) is 11.5 Å². The molecule has 0 aromatic rings. The molecule has 4 heteroatoms. The highest BCUT2D eigenvalue weighted by Gasteiger charge is 2.07. The first-order valence-corrected chi connectivity index (χ1v) is 2.98. The van der Waals surface area contributed by atoms with E-state index >= 15 is 0 Å². The normalized spacial score (nSPS) is 17.6. The number of amidine groups is 1. The Morgan fingerprint density at radius 3 is 2.80 bits per heavy atom. The average molecular weight is 139 g/mol. The third-order valence-electron chi connectivity index (χ3n) is 1.33. The summed E-state index contributed by atoms with van der Waals surface area (Å²) in [4.78, 5) is 14.4. The van der Waals surface area contributed by atoms with Crippen LogP contribution in [0.1, 0.15) is 6.42 Å². The van der Waals surface area contributed by atoms with E-state index in [1.165, 1.54) is 0 Å². The van der Waals surface area contributed by atoms with Crippen molar-refractivity contribution >= 4 is 11.7 Å². The van der Waals surface area contributed by atoms with Crippen LogP contribution < -0.4 is 11.5 Å². The fourth-order valence-electron chi connectivity index (χ4n) is 0.722. The lowest BCUT2D eigenvalue weighted by Gasteiger charge is -2.05. The van der Waals surface area contributed by atoms with Crippen LogP contribution >= 0.6 is 0 Å². The van der Waals surface area contributed by atoms with Crippen LogP contribution in [-0.2, 0) is 4.79 Å². The number of dihydropyridines is 1. The molecule has 1 aliphatic heterocycles. The molecule has 0 saturated carbocycles. The summed E-state index contributed by atoms with van der Waals surface area (Å²) in [6.07, 6.45) is 2.25. The Bertz CT molecular complexity index is 217. The monoisotopic (exact) mass is 139 g/mol. The van der Waals surface area contributed by atoms with Crippen molar-refractivity contribution in [3.8, 4) is 0 Å². The molecule has 0 spiro atoms. The third kappa shape index (κ3) is 1.34. The minimum absolute atomic E-state index is 0.334. The largest absolute Gasteiger partial charge is 0.387 e. The van der Waals surface area contributed by atoms with Gasteiger partial charge in [0.1, 0.15) is 0 Å². The number of carbonyl (C=O) groups is 1. The predicted octanol–water partition coefficient (Wildman–Crippen LogP) is -0.841. The standard InChI is InChI=1S/C6H9N3O/c7-5-2-1-4(3-9-5)6(8)10/h1H,2-3H2,(H2,7,9)(H2,8,10). The first-order valence-electron chi connectivity index (χ1n) is 2.98. The van der Waals surface area contributed by atoms with Gasteiger partial charge in [0, 0.05) is 12.0 Å². The van der Waals surface area contributed by atoms with Gasteiger partial charge in [-0.25, -0.2) is 0 Å². The molecule has 0 fully saturated rings. The average Bonchev–Trinajstić information content (AvgIpc) is 1.88. The molecular formula is C6H9N3O. The summed E-state index contributed by atoms with van der Waals surface area (Å²) in [5, 5.41) is 0. The number of hydrogen-bond donors (Lipinski definition) is 2. The van der Waals surface area contributed by atoms with Crippen LogP contribution in [0.15, 0.2) is 16.6 Å². The summed E-state index contributed by atoms with van der Waals surface area (Å²) in [7, 11) is 0. The van der Waals surface area contributed by atoms with Gasteiger partial charge in [0.05, 0.1) is 12.4 Å². The highest BCUT2D eigenvalue weighted by Crippen LogP contribution is 2.02. The molecule has 0 unspecified atom stereocenters. The highest BCUT2D eigenvalue weighted by molar-refractivity contribution is 5.95. The first-order chi connectivity index (χ1) is 4.70. The molecule has 1 heterocycles. The van der Waals surface area contributed by atoms with Crippen molar-refractivity contribution in [3.05, 3.63) is 11.6 Å². The van der Waals surface area contributed by atoms with Crippen LogP contribution in [0.2, 0.25) is 0 Å². The fraction of sp³-hybridized carbons (Fsp3) is 0.333. The van der Waals surface area contributed by atoms with Gasteiger partial charge >= 0.3 is 0 Å². The Kier molecular flexibility index (Phi) is 1.71. The topological polar surface area (TPSA) is 81.5 Å². The van der Waals surface area contributed by atoms with Gasteiger partial charge in [-0.15, -0.1) is 0 Å². The molecule has 1 aliphatic rings. The van der Waals surface area contributed by atoms with Crippen molar-refractivity contribution in [1.82, 2.24) is 0 Å². The second-order valence-corrected chi connectivity index (χ2v) is 2.11. The molecule has 4 N–H and O–H groups in total. The summed E-state index contributed by atoms with van der Waals surface area (Å²) in [5.74, 6) is 0.154. The van der Waals surface area contributed by atoms with Gasteiger partial charge in [-0.2, -0.15) is 0 Å². The van der Waals surface area contributed by atoms with Gasteiger partial charge in [-0.1, -0.05) is 6.08 Å². The molecule has 0 radical (unpaired) electrons. The molecule has 0 saturated heterocycles. The molecule has 0 atom stereocenters.